The highest BCUT2D eigenvalue weighted by Crippen LogP contribution is 2.34. The van der Waals surface area contributed by atoms with Crippen LogP contribution in [0.5, 0.6) is 11.5 Å². The highest BCUT2D eigenvalue weighted by molar-refractivity contribution is 8.00. The molecule has 1 aliphatic heterocycles. The Bertz CT molecular complexity index is 653. The van der Waals surface area contributed by atoms with Gasteiger partial charge in [-0.3, -0.25) is 9.59 Å². The number of carbonyl (C=O) groups is 2. The second kappa shape index (κ2) is 9.02. The number of esters is 1. The second-order valence-electron chi connectivity index (χ2n) is 5.26. The Morgan fingerprint density at radius 2 is 1.92 bits per heavy atom. The van der Waals surface area contributed by atoms with Crippen LogP contribution in [0.25, 0.3) is 0 Å². The topological polar surface area (TPSA) is 65.1 Å². The molecule has 1 amide bonds. The summed E-state index contributed by atoms with van der Waals surface area (Å²) in [5.74, 6) is -0.847. The summed E-state index contributed by atoms with van der Waals surface area (Å²) in [6.07, 6.45) is -4.61. The van der Waals surface area contributed by atoms with E-state index in [2.05, 4.69) is 4.74 Å². The van der Waals surface area contributed by atoms with Crippen LogP contribution in [-0.4, -0.2) is 61.6 Å². The maximum atomic E-state index is 12.7. The van der Waals surface area contributed by atoms with Crippen LogP contribution < -0.4 is 9.47 Å². The van der Waals surface area contributed by atoms with E-state index < -0.39 is 31.1 Å². The van der Waals surface area contributed by atoms with E-state index in [-0.39, 0.29) is 12.4 Å². The van der Waals surface area contributed by atoms with Gasteiger partial charge in [0.2, 0.25) is 5.91 Å². The van der Waals surface area contributed by atoms with Crippen molar-refractivity contribution in [3.8, 4) is 11.5 Å². The number of amides is 1. The number of carbonyl (C=O) groups excluding carboxylic acids is 2. The normalized spacial score (nSPS) is 13.2. The minimum Gasteiger partial charge on any atom is -0.486 e. The second-order valence-corrected chi connectivity index (χ2v) is 6.31. The summed E-state index contributed by atoms with van der Waals surface area (Å²) in [6, 6.07) is 5.02. The summed E-state index contributed by atoms with van der Waals surface area (Å²) < 4.78 is 53.4. The number of rotatable bonds is 7. The van der Waals surface area contributed by atoms with Gasteiger partial charge < -0.3 is 19.1 Å². The highest BCUT2D eigenvalue weighted by Gasteiger charge is 2.34. The standard InChI is InChI=1S/C16H18F3NO5S/c1-2-23-15(22)8-20(10-16(17,18)19)14(21)9-26-11-3-4-12-13(7-11)25-6-5-24-12/h3-4,7H,2,5-6,8-10H2,1H3. The highest BCUT2D eigenvalue weighted by atomic mass is 32.2. The summed E-state index contributed by atoms with van der Waals surface area (Å²) >= 11 is 1.05. The van der Waals surface area contributed by atoms with E-state index in [0.717, 1.165) is 11.8 Å². The van der Waals surface area contributed by atoms with Gasteiger partial charge in [0, 0.05) is 4.90 Å². The van der Waals surface area contributed by atoms with Gasteiger partial charge in [-0.2, -0.15) is 13.2 Å². The Kier molecular flexibility index (Phi) is 7.01. The Hall–Kier alpha value is -2.10. The van der Waals surface area contributed by atoms with E-state index in [1.807, 2.05) is 0 Å². The lowest BCUT2D eigenvalue weighted by molar-refractivity contribution is -0.166. The molecule has 0 fully saturated rings. The smallest absolute Gasteiger partial charge is 0.406 e. The van der Waals surface area contributed by atoms with Crippen LogP contribution in [0.2, 0.25) is 0 Å². The van der Waals surface area contributed by atoms with Crippen LogP contribution >= 0.6 is 11.8 Å². The molecule has 144 valence electrons. The van der Waals surface area contributed by atoms with Crippen LogP contribution in [0.15, 0.2) is 23.1 Å². The van der Waals surface area contributed by atoms with Gasteiger partial charge in [-0.05, 0) is 25.1 Å². The van der Waals surface area contributed by atoms with Crippen molar-refractivity contribution >= 4 is 23.6 Å². The molecular formula is C16H18F3NO5S. The largest absolute Gasteiger partial charge is 0.486 e. The molecule has 0 saturated heterocycles. The number of alkyl halides is 3. The molecule has 0 unspecified atom stereocenters. The molecule has 0 spiro atoms. The Balaban J connectivity index is 1.98. The Morgan fingerprint density at radius 3 is 2.58 bits per heavy atom. The molecular weight excluding hydrogens is 375 g/mol. The monoisotopic (exact) mass is 393 g/mol. The Morgan fingerprint density at radius 1 is 1.23 bits per heavy atom. The maximum absolute atomic E-state index is 12.7. The average molecular weight is 393 g/mol. The SMILES string of the molecule is CCOC(=O)CN(CC(F)(F)F)C(=O)CSc1ccc2c(c1)OCCO2. The van der Waals surface area contributed by atoms with Crippen LogP contribution in [0.3, 0.4) is 0 Å². The third-order valence-electron chi connectivity index (χ3n) is 3.22. The maximum Gasteiger partial charge on any atom is 0.406 e. The average Bonchev–Trinajstić information content (AvgIpc) is 2.58. The summed E-state index contributed by atoms with van der Waals surface area (Å²) in [7, 11) is 0. The minimum atomic E-state index is -4.61. The third-order valence-corrected chi connectivity index (χ3v) is 4.20. The zero-order chi connectivity index (χ0) is 19.2. The summed E-state index contributed by atoms with van der Waals surface area (Å²) in [6.45, 7) is 0.155. The molecule has 10 heteroatoms. The Labute approximate surface area is 152 Å². The molecule has 2 rings (SSSR count). The van der Waals surface area contributed by atoms with Gasteiger partial charge in [-0.15, -0.1) is 11.8 Å². The van der Waals surface area contributed by atoms with E-state index in [4.69, 9.17) is 9.47 Å². The van der Waals surface area contributed by atoms with Crippen molar-refractivity contribution in [3.63, 3.8) is 0 Å². The fraction of sp³-hybridized carbons (Fsp3) is 0.500. The van der Waals surface area contributed by atoms with E-state index >= 15 is 0 Å². The van der Waals surface area contributed by atoms with Gasteiger partial charge in [0.1, 0.15) is 26.3 Å². The van der Waals surface area contributed by atoms with Crippen molar-refractivity contribution in [3.05, 3.63) is 18.2 Å². The number of nitrogens with zero attached hydrogens (tertiary/aromatic N) is 1. The number of thioether (sulfide) groups is 1. The number of hydrogen-bond donors (Lipinski definition) is 0. The van der Waals surface area contributed by atoms with Crippen LogP contribution in [0, 0.1) is 0 Å². The quantitative estimate of drug-likeness (QED) is 0.524. The van der Waals surface area contributed by atoms with Gasteiger partial charge >= 0.3 is 12.1 Å². The van der Waals surface area contributed by atoms with Gasteiger partial charge in [-0.1, -0.05) is 0 Å². The number of fused-ring (bicyclic) bond motifs is 1. The third kappa shape index (κ3) is 6.32. The van der Waals surface area contributed by atoms with Crippen molar-refractivity contribution in [2.75, 3.05) is 38.7 Å². The van der Waals surface area contributed by atoms with Crippen molar-refractivity contribution in [2.24, 2.45) is 0 Å². The fourth-order valence-corrected chi connectivity index (χ4v) is 2.99. The lowest BCUT2D eigenvalue weighted by atomic mass is 10.3. The van der Waals surface area contributed by atoms with Crippen molar-refractivity contribution in [1.82, 2.24) is 4.90 Å². The van der Waals surface area contributed by atoms with E-state index in [1.165, 1.54) is 6.92 Å². The first-order valence-corrected chi connectivity index (χ1v) is 8.79. The predicted molar refractivity (Wildman–Crippen MR) is 87.4 cm³/mol. The van der Waals surface area contributed by atoms with Gasteiger partial charge in [0.05, 0.1) is 12.4 Å². The molecule has 0 radical (unpaired) electrons. The summed E-state index contributed by atoms with van der Waals surface area (Å²) in [4.78, 5) is 24.7. The van der Waals surface area contributed by atoms with Crippen molar-refractivity contribution in [2.45, 2.75) is 18.0 Å². The molecule has 0 N–H and O–H groups in total. The van der Waals surface area contributed by atoms with Gasteiger partial charge in [0.25, 0.3) is 0 Å². The summed E-state index contributed by atoms with van der Waals surface area (Å²) in [5, 5.41) is 0. The van der Waals surface area contributed by atoms with Crippen molar-refractivity contribution < 1.29 is 37.0 Å². The first-order valence-electron chi connectivity index (χ1n) is 7.81. The molecule has 0 saturated carbocycles. The molecule has 1 aliphatic rings. The number of ether oxygens (including phenoxy) is 3. The predicted octanol–water partition coefficient (Wildman–Crippen LogP) is 2.50. The van der Waals surface area contributed by atoms with Crippen molar-refractivity contribution in [1.29, 1.82) is 0 Å². The molecule has 1 heterocycles. The zero-order valence-electron chi connectivity index (χ0n) is 14.0. The first kappa shape index (κ1) is 20.2. The molecule has 26 heavy (non-hydrogen) atoms. The molecule has 0 aromatic heterocycles. The van der Waals surface area contributed by atoms with Gasteiger partial charge in [-0.25, -0.2) is 0 Å². The van der Waals surface area contributed by atoms with Crippen LogP contribution in [-0.2, 0) is 14.3 Å². The number of hydrogen-bond acceptors (Lipinski definition) is 6. The lowest BCUT2D eigenvalue weighted by Gasteiger charge is -2.23. The molecule has 1 aromatic rings. The van der Waals surface area contributed by atoms with Crippen LogP contribution in [0.4, 0.5) is 13.2 Å². The number of halogens is 3. The van der Waals surface area contributed by atoms with E-state index in [1.54, 1.807) is 18.2 Å². The van der Waals surface area contributed by atoms with E-state index in [9.17, 15) is 22.8 Å². The van der Waals surface area contributed by atoms with E-state index in [0.29, 0.717) is 34.5 Å². The molecule has 0 bridgehead atoms. The molecule has 6 nitrogen and oxygen atoms in total. The minimum absolute atomic E-state index is 0.0266. The fourth-order valence-electron chi connectivity index (χ4n) is 2.16. The number of benzene rings is 1. The molecule has 1 aromatic carbocycles. The van der Waals surface area contributed by atoms with Gasteiger partial charge in [0.15, 0.2) is 11.5 Å². The molecule has 0 aliphatic carbocycles. The first-order chi connectivity index (χ1) is 12.3. The zero-order valence-corrected chi connectivity index (χ0v) is 14.8. The van der Waals surface area contributed by atoms with Crippen LogP contribution in [0.1, 0.15) is 6.92 Å². The summed E-state index contributed by atoms with van der Waals surface area (Å²) in [5.41, 5.74) is 0. The lowest BCUT2D eigenvalue weighted by Crippen LogP contribution is -2.43. The molecule has 0 atom stereocenters.